The number of phosphoric acid groups is 1. The second-order valence-electron chi connectivity index (χ2n) is 12.3. The minimum atomic E-state index is -4.48. The largest absolute Gasteiger partial charge is 0.756 e. The van der Waals surface area contributed by atoms with Crippen molar-refractivity contribution < 1.29 is 37.3 Å². The fourth-order valence-electron chi connectivity index (χ4n) is 6.13. The number of quaternary nitrogens is 1. The third-order valence-corrected chi connectivity index (χ3v) is 9.50. The highest BCUT2D eigenvalue weighted by atomic mass is 31.2. The standard InChI is InChI=1S/C30H58NO7P/c1-4-5-6-7-8-9-10-11-12-13-14-15-16-17-22-35-25-30(38-27(2)32)26-37-39(33,34)36-24-29-23-31(3)20-18-28(29)19-21-31/h28-30H,4-26H2,1-3H3. The topological polar surface area (TPSA) is 94.1 Å². The van der Waals surface area contributed by atoms with E-state index in [1.807, 2.05) is 0 Å². The number of ether oxygens (including phenoxy) is 2. The Morgan fingerprint density at radius 1 is 0.872 bits per heavy atom. The molecule has 3 heterocycles. The fourth-order valence-corrected chi connectivity index (χ4v) is 6.93. The van der Waals surface area contributed by atoms with E-state index in [-0.39, 0.29) is 25.7 Å². The van der Waals surface area contributed by atoms with Gasteiger partial charge in [-0.3, -0.25) is 9.36 Å². The minimum absolute atomic E-state index is 0.110. The lowest BCUT2D eigenvalue weighted by atomic mass is 9.78. The van der Waals surface area contributed by atoms with Crippen molar-refractivity contribution in [1.82, 2.24) is 0 Å². The normalized spacial score (nSPS) is 24.9. The minimum Gasteiger partial charge on any atom is -0.756 e. The molecule has 0 amide bonds. The van der Waals surface area contributed by atoms with Gasteiger partial charge in [-0.1, -0.05) is 90.4 Å². The third kappa shape index (κ3) is 15.9. The third-order valence-electron chi connectivity index (χ3n) is 8.57. The van der Waals surface area contributed by atoms with Crippen LogP contribution in [0.2, 0.25) is 0 Å². The molecule has 39 heavy (non-hydrogen) atoms. The Hall–Kier alpha value is -0.500. The number of fused-ring (bicyclic) bond motifs is 3. The van der Waals surface area contributed by atoms with E-state index in [9.17, 15) is 14.3 Å². The van der Waals surface area contributed by atoms with Gasteiger partial charge in [-0.05, 0) is 12.3 Å². The van der Waals surface area contributed by atoms with Crippen molar-refractivity contribution >= 4 is 13.8 Å². The van der Waals surface area contributed by atoms with E-state index >= 15 is 0 Å². The number of rotatable bonds is 24. The zero-order chi connectivity index (χ0) is 28.4. The van der Waals surface area contributed by atoms with Gasteiger partial charge in [0.05, 0.1) is 46.5 Å². The molecule has 3 aliphatic rings. The molecule has 9 heteroatoms. The molecule has 0 aromatic heterocycles. The molecule has 0 N–H and O–H groups in total. The van der Waals surface area contributed by atoms with Crippen LogP contribution in [0.15, 0.2) is 0 Å². The van der Waals surface area contributed by atoms with Crippen LogP contribution in [0.3, 0.4) is 0 Å². The SMILES string of the molecule is CCCCCCCCCCCCCCCCOCC(COP(=O)([O-])OCC1C[N+]2(C)CCC1CC2)OC(C)=O. The molecule has 3 unspecified atom stereocenters. The number of nitrogens with zero attached hydrogens (tertiary/aromatic N) is 1. The van der Waals surface area contributed by atoms with Crippen LogP contribution in [0.5, 0.6) is 0 Å². The lowest BCUT2D eigenvalue weighted by molar-refractivity contribution is -0.929. The van der Waals surface area contributed by atoms with Crippen LogP contribution in [-0.2, 0) is 27.9 Å². The molecule has 0 aliphatic carbocycles. The van der Waals surface area contributed by atoms with Gasteiger partial charge in [-0.25, -0.2) is 0 Å². The summed E-state index contributed by atoms with van der Waals surface area (Å²) in [4.78, 5) is 23.8. The second kappa shape index (κ2) is 19.6. The van der Waals surface area contributed by atoms with Crippen molar-refractivity contribution in [2.24, 2.45) is 11.8 Å². The monoisotopic (exact) mass is 575 g/mol. The summed E-state index contributed by atoms with van der Waals surface area (Å²) < 4.78 is 34.6. The molecule has 3 rings (SSSR count). The van der Waals surface area contributed by atoms with Crippen molar-refractivity contribution in [3.63, 3.8) is 0 Å². The smallest absolute Gasteiger partial charge is 0.303 e. The summed E-state index contributed by atoms with van der Waals surface area (Å²) in [5, 5.41) is 0. The number of hydrogen-bond donors (Lipinski definition) is 0. The average Bonchev–Trinajstić information content (AvgIpc) is 2.90. The lowest BCUT2D eigenvalue weighted by Crippen LogP contribution is -2.60. The first-order chi connectivity index (χ1) is 18.7. The van der Waals surface area contributed by atoms with E-state index in [0.717, 1.165) is 49.8 Å². The summed E-state index contributed by atoms with van der Waals surface area (Å²) in [6, 6.07) is 0. The van der Waals surface area contributed by atoms with Gasteiger partial charge in [0.2, 0.25) is 0 Å². The van der Waals surface area contributed by atoms with E-state index in [1.54, 1.807) is 0 Å². The maximum Gasteiger partial charge on any atom is 0.303 e. The molecule has 0 spiro atoms. The van der Waals surface area contributed by atoms with Gasteiger partial charge in [-0.2, -0.15) is 0 Å². The Balaban J connectivity index is 1.48. The molecule has 3 saturated heterocycles. The van der Waals surface area contributed by atoms with Crippen LogP contribution in [0, 0.1) is 11.8 Å². The predicted molar refractivity (Wildman–Crippen MR) is 153 cm³/mol. The number of carbonyl (C=O) groups excluding carboxylic acids is 1. The van der Waals surface area contributed by atoms with Gasteiger partial charge in [0.25, 0.3) is 7.82 Å². The highest BCUT2D eigenvalue weighted by Gasteiger charge is 2.43. The van der Waals surface area contributed by atoms with E-state index in [4.69, 9.17) is 18.5 Å². The quantitative estimate of drug-likeness (QED) is 0.0569. The summed E-state index contributed by atoms with van der Waals surface area (Å²) in [6.45, 7) is 7.37. The van der Waals surface area contributed by atoms with Crippen LogP contribution < -0.4 is 4.89 Å². The summed E-state index contributed by atoms with van der Waals surface area (Å²) in [6.07, 6.45) is 19.6. The van der Waals surface area contributed by atoms with Gasteiger partial charge < -0.3 is 27.9 Å². The molecule has 2 bridgehead atoms. The van der Waals surface area contributed by atoms with Crippen molar-refractivity contribution in [2.45, 2.75) is 123 Å². The molecular weight excluding hydrogens is 517 g/mol. The van der Waals surface area contributed by atoms with Gasteiger partial charge in [0, 0.05) is 32.3 Å². The molecule has 3 atom stereocenters. The zero-order valence-electron chi connectivity index (χ0n) is 25.2. The van der Waals surface area contributed by atoms with Gasteiger partial charge in [-0.15, -0.1) is 0 Å². The second-order valence-corrected chi connectivity index (χ2v) is 13.7. The molecular formula is C30H58NO7P. The van der Waals surface area contributed by atoms with E-state index < -0.39 is 19.9 Å². The summed E-state index contributed by atoms with van der Waals surface area (Å²) in [5.41, 5.74) is 0. The summed E-state index contributed by atoms with van der Waals surface area (Å²) in [7, 11) is -2.25. The van der Waals surface area contributed by atoms with Crippen LogP contribution in [-0.4, -0.2) is 69.7 Å². The highest BCUT2D eigenvalue weighted by molar-refractivity contribution is 7.45. The first-order valence-electron chi connectivity index (χ1n) is 15.9. The molecule has 3 aliphatic heterocycles. The number of hydrogen-bond acceptors (Lipinski definition) is 7. The van der Waals surface area contributed by atoms with Crippen molar-refractivity contribution in [3.8, 4) is 0 Å². The van der Waals surface area contributed by atoms with Gasteiger partial charge in [0.15, 0.2) is 0 Å². The lowest BCUT2D eigenvalue weighted by Gasteiger charge is -2.50. The Bertz CT molecular complexity index is 699. The van der Waals surface area contributed by atoms with Crippen molar-refractivity contribution in [2.75, 3.05) is 53.1 Å². The molecule has 3 fully saturated rings. The molecule has 0 aromatic rings. The molecule has 8 nitrogen and oxygen atoms in total. The molecule has 0 saturated carbocycles. The van der Waals surface area contributed by atoms with E-state index in [1.165, 1.54) is 84.0 Å². The maximum absolute atomic E-state index is 12.4. The zero-order valence-corrected chi connectivity index (χ0v) is 26.1. The van der Waals surface area contributed by atoms with Gasteiger partial charge >= 0.3 is 5.97 Å². The van der Waals surface area contributed by atoms with E-state index in [2.05, 4.69) is 14.0 Å². The summed E-state index contributed by atoms with van der Waals surface area (Å²) in [5.74, 6) is 0.276. The average molecular weight is 576 g/mol. The molecule has 0 radical (unpaired) electrons. The highest BCUT2D eigenvalue weighted by Crippen LogP contribution is 2.43. The molecule has 0 aromatic carbocycles. The van der Waals surface area contributed by atoms with Crippen LogP contribution in [0.1, 0.15) is 117 Å². The first-order valence-corrected chi connectivity index (χ1v) is 17.4. The fraction of sp³-hybridized carbons (Fsp3) is 0.967. The van der Waals surface area contributed by atoms with Crippen LogP contribution >= 0.6 is 7.82 Å². The number of phosphoric ester groups is 1. The first kappa shape index (κ1) is 34.7. The Morgan fingerprint density at radius 2 is 1.41 bits per heavy atom. The van der Waals surface area contributed by atoms with Gasteiger partial charge in [0.1, 0.15) is 6.10 Å². The van der Waals surface area contributed by atoms with Crippen LogP contribution in [0.4, 0.5) is 0 Å². The number of esters is 1. The number of unbranched alkanes of at least 4 members (excludes halogenated alkanes) is 13. The molecule has 230 valence electrons. The predicted octanol–water partition coefficient (Wildman–Crippen LogP) is 6.40. The van der Waals surface area contributed by atoms with E-state index in [0.29, 0.717) is 12.5 Å². The summed E-state index contributed by atoms with van der Waals surface area (Å²) >= 11 is 0. The maximum atomic E-state index is 12.4. The Labute approximate surface area is 238 Å². The Kier molecular flexibility index (Phi) is 17.4. The Morgan fingerprint density at radius 3 is 1.92 bits per heavy atom. The number of piperidine rings is 3. The number of carbonyl (C=O) groups is 1. The van der Waals surface area contributed by atoms with Crippen molar-refractivity contribution in [3.05, 3.63) is 0 Å². The van der Waals surface area contributed by atoms with Crippen molar-refractivity contribution in [1.29, 1.82) is 0 Å². The van der Waals surface area contributed by atoms with Crippen LogP contribution in [0.25, 0.3) is 0 Å².